The van der Waals surface area contributed by atoms with Crippen LogP contribution < -0.4 is 5.73 Å². The van der Waals surface area contributed by atoms with Crippen molar-refractivity contribution in [3.05, 3.63) is 0 Å². The molecule has 0 aromatic carbocycles. The Labute approximate surface area is 72.4 Å². The summed E-state index contributed by atoms with van der Waals surface area (Å²) in [4.78, 5) is 10.6. The summed E-state index contributed by atoms with van der Waals surface area (Å²) in [5, 5.41) is 9.06. The normalized spacial score (nSPS) is 30.6. The van der Waals surface area contributed by atoms with Gasteiger partial charge < -0.3 is 10.8 Å². The molecule has 0 aromatic rings. The highest BCUT2D eigenvalue weighted by molar-refractivity contribution is 5.85. The van der Waals surface area contributed by atoms with Gasteiger partial charge in [-0.2, -0.15) is 0 Å². The van der Waals surface area contributed by atoms with Crippen molar-refractivity contribution in [3.63, 3.8) is 0 Å². The minimum atomic E-state index is -0.216. The second-order valence-corrected chi connectivity index (χ2v) is 2.91. The Kier molecular flexibility index (Phi) is 4.45. The number of rotatable bonds is 1. The van der Waals surface area contributed by atoms with Gasteiger partial charge in [-0.3, -0.25) is 4.79 Å². The molecule has 3 nitrogen and oxygen atoms in total. The van der Waals surface area contributed by atoms with Gasteiger partial charge in [0.05, 0.1) is 6.10 Å². The van der Waals surface area contributed by atoms with Crippen molar-refractivity contribution in [1.82, 2.24) is 0 Å². The number of carbonyl (C=O) groups excluding carboxylic acids is 1. The molecule has 0 atom stereocenters. The monoisotopic (exact) mass is 179 g/mol. The number of carbonyl (C=O) groups is 1. The summed E-state index contributed by atoms with van der Waals surface area (Å²) >= 11 is 0. The molecule has 0 saturated heterocycles. The van der Waals surface area contributed by atoms with Gasteiger partial charge in [0.25, 0.3) is 0 Å². The zero-order chi connectivity index (χ0) is 7.56. The number of primary amides is 1. The number of aliphatic hydroxyl groups excluding tert-OH is 1. The van der Waals surface area contributed by atoms with Crippen LogP contribution in [0.25, 0.3) is 0 Å². The average Bonchev–Trinajstić information content (AvgIpc) is 1.88. The highest BCUT2D eigenvalue weighted by Crippen LogP contribution is 2.23. The first kappa shape index (κ1) is 10.7. The van der Waals surface area contributed by atoms with Crippen molar-refractivity contribution in [1.29, 1.82) is 0 Å². The highest BCUT2D eigenvalue weighted by atomic mass is 35.5. The molecule has 11 heavy (non-hydrogen) atoms. The molecule has 66 valence electrons. The molecule has 1 saturated carbocycles. The maximum absolute atomic E-state index is 10.6. The van der Waals surface area contributed by atoms with Crippen LogP contribution in [0.2, 0.25) is 0 Å². The molecule has 1 amide bonds. The van der Waals surface area contributed by atoms with Crippen molar-refractivity contribution in [2.24, 2.45) is 11.7 Å². The topological polar surface area (TPSA) is 63.3 Å². The Balaban J connectivity index is 0.000001000. The summed E-state index contributed by atoms with van der Waals surface area (Å²) in [6.45, 7) is 0. The number of hydrogen-bond acceptors (Lipinski definition) is 2. The third kappa shape index (κ3) is 3.08. The maximum Gasteiger partial charge on any atom is 0.220 e. The first-order valence-corrected chi connectivity index (χ1v) is 3.67. The SMILES string of the molecule is Cl.NC(=O)C1CCC(O)CC1. The lowest BCUT2D eigenvalue weighted by molar-refractivity contribution is -0.123. The first-order chi connectivity index (χ1) is 4.70. The molecule has 0 aliphatic heterocycles. The summed E-state index contributed by atoms with van der Waals surface area (Å²) in [5.41, 5.74) is 5.09. The van der Waals surface area contributed by atoms with E-state index in [4.69, 9.17) is 10.8 Å². The Morgan fingerprint density at radius 3 is 2.09 bits per heavy atom. The van der Waals surface area contributed by atoms with Crippen LogP contribution in [0.5, 0.6) is 0 Å². The van der Waals surface area contributed by atoms with Gasteiger partial charge in [-0.1, -0.05) is 0 Å². The lowest BCUT2D eigenvalue weighted by atomic mass is 9.87. The van der Waals surface area contributed by atoms with E-state index >= 15 is 0 Å². The van der Waals surface area contributed by atoms with Crippen LogP contribution in [0.3, 0.4) is 0 Å². The molecule has 1 aliphatic rings. The van der Waals surface area contributed by atoms with E-state index in [-0.39, 0.29) is 30.3 Å². The van der Waals surface area contributed by atoms with Gasteiger partial charge in [0, 0.05) is 5.92 Å². The van der Waals surface area contributed by atoms with Gasteiger partial charge in [0.15, 0.2) is 0 Å². The summed E-state index contributed by atoms with van der Waals surface area (Å²) in [6.07, 6.45) is 2.78. The van der Waals surface area contributed by atoms with Crippen molar-refractivity contribution in [3.8, 4) is 0 Å². The van der Waals surface area contributed by atoms with Gasteiger partial charge in [-0.15, -0.1) is 12.4 Å². The number of amides is 1. The molecule has 1 aliphatic carbocycles. The van der Waals surface area contributed by atoms with E-state index in [1.807, 2.05) is 0 Å². The summed E-state index contributed by atoms with van der Waals surface area (Å²) in [5.74, 6) is -0.199. The lowest BCUT2D eigenvalue weighted by Gasteiger charge is -2.22. The second-order valence-electron chi connectivity index (χ2n) is 2.91. The Morgan fingerprint density at radius 1 is 1.27 bits per heavy atom. The maximum atomic E-state index is 10.6. The minimum Gasteiger partial charge on any atom is -0.393 e. The highest BCUT2D eigenvalue weighted by Gasteiger charge is 2.22. The standard InChI is InChI=1S/C7H13NO2.ClH/c8-7(10)5-1-3-6(9)4-2-5;/h5-6,9H,1-4H2,(H2,8,10);1H. The summed E-state index contributed by atoms with van der Waals surface area (Å²) < 4.78 is 0. The zero-order valence-electron chi connectivity index (χ0n) is 6.32. The van der Waals surface area contributed by atoms with E-state index in [9.17, 15) is 4.79 Å². The van der Waals surface area contributed by atoms with Gasteiger partial charge in [-0.25, -0.2) is 0 Å². The molecule has 0 heterocycles. The van der Waals surface area contributed by atoms with Crippen LogP contribution in [0, 0.1) is 5.92 Å². The van der Waals surface area contributed by atoms with Crippen LogP contribution in [0.15, 0.2) is 0 Å². The quantitative estimate of drug-likeness (QED) is 0.614. The molecule has 1 fully saturated rings. The fourth-order valence-corrected chi connectivity index (χ4v) is 1.36. The van der Waals surface area contributed by atoms with E-state index in [0.29, 0.717) is 0 Å². The molecule has 0 spiro atoms. The Morgan fingerprint density at radius 2 is 1.73 bits per heavy atom. The van der Waals surface area contributed by atoms with Gasteiger partial charge in [0.1, 0.15) is 0 Å². The molecule has 4 heteroatoms. The van der Waals surface area contributed by atoms with E-state index in [2.05, 4.69) is 0 Å². The molecule has 0 bridgehead atoms. The third-order valence-electron chi connectivity index (χ3n) is 2.10. The Hall–Kier alpha value is -0.280. The molecule has 0 aromatic heterocycles. The summed E-state index contributed by atoms with van der Waals surface area (Å²) in [7, 11) is 0. The predicted molar refractivity (Wildman–Crippen MR) is 44.4 cm³/mol. The van der Waals surface area contributed by atoms with Gasteiger partial charge in [-0.05, 0) is 25.7 Å². The van der Waals surface area contributed by atoms with Crippen LogP contribution in [-0.4, -0.2) is 17.1 Å². The van der Waals surface area contributed by atoms with Crippen LogP contribution in [-0.2, 0) is 4.79 Å². The second kappa shape index (κ2) is 4.57. The first-order valence-electron chi connectivity index (χ1n) is 3.67. The van der Waals surface area contributed by atoms with Crippen LogP contribution in [0.1, 0.15) is 25.7 Å². The van der Waals surface area contributed by atoms with E-state index in [1.54, 1.807) is 0 Å². The molecular formula is C7H14ClNO2. The zero-order valence-corrected chi connectivity index (χ0v) is 7.14. The smallest absolute Gasteiger partial charge is 0.220 e. The van der Waals surface area contributed by atoms with Crippen molar-refractivity contribution >= 4 is 18.3 Å². The lowest BCUT2D eigenvalue weighted by Crippen LogP contribution is -2.29. The fourth-order valence-electron chi connectivity index (χ4n) is 1.36. The molecular weight excluding hydrogens is 166 g/mol. The number of nitrogens with two attached hydrogens (primary N) is 1. The number of hydrogen-bond donors (Lipinski definition) is 2. The fraction of sp³-hybridized carbons (Fsp3) is 0.857. The van der Waals surface area contributed by atoms with Crippen molar-refractivity contribution in [2.45, 2.75) is 31.8 Å². The predicted octanol–water partition coefficient (Wildman–Crippen LogP) is 0.445. The molecule has 0 radical (unpaired) electrons. The van der Waals surface area contributed by atoms with E-state index < -0.39 is 0 Å². The van der Waals surface area contributed by atoms with Crippen LogP contribution >= 0.6 is 12.4 Å². The van der Waals surface area contributed by atoms with Gasteiger partial charge >= 0.3 is 0 Å². The van der Waals surface area contributed by atoms with Crippen LogP contribution in [0.4, 0.5) is 0 Å². The average molecular weight is 180 g/mol. The largest absolute Gasteiger partial charge is 0.393 e. The number of halogens is 1. The third-order valence-corrected chi connectivity index (χ3v) is 2.10. The van der Waals surface area contributed by atoms with Crippen molar-refractivity contribution < 1.29 is 9.90 Å². The molecule has 1 rings (SSSR count). The summed E-state index contributed by atoms with van der Waals surface area (Å²) in [6, 6.07) is 0. The Bertz CT molecular complexity index is 132. The minimum absolute atomic E-state index is 0. The van der Waals surface area contributed by atoms with E-state index in [0.717, 1.165) is 25.7 Å². The van der Waals surface area contributed by atoms with Crippen molar-refractivity contribution in [2.75, 3.05) is 0 Å². The van der Waals surface area contributed by atoms with E-state index in [1.165, 1.54) is 0 Å². The van der Waals surface area contributed by atoms with Gasteiger partial charge in [0.2, 0.25) is 5.91 Å². The molecule has 3 N–H and O–H groups in total. The number of aliphatic hydroxyl groups is 1. The molecule has 0 unspecified atom stereocenters.